The summed E-state index contributed by atoms with van der Waals surface area (Å²) in [6.07, 6.45) is 0. The molecule has 1 aromatic heterocycles. The van der Waals surface area contributed by atoms with Crippen LogP contribution in [0.5, 0.6) is 0 Å². The third-order valence-electron chi connectivity index (χ3n) is 5.04. The number of hydrogen-bond donors (Lipinski definition) is 1. The monoisotopic (exact) mass is 520 g/mol. The second-order valence-corrected chi connectivity index (χ2v) is 9.61. The molecular formula is C26H25FN6OS2. The molecule has 7 nitrogen and oxygen atoms in total. The van der Waals surface area contributed by atoms with Gasteiger partial charge in [-0.15, -0.1) is 22.0 Å². The van der Waals surface area contributed by atoms with Gasteiger partial charge in [-0.3, -0.25) is 4.79 Å². The zero-order valence-electron chi connectivity index (χ0n) is 19.7. The zero-order valence-corrected chi connectivity index (χ0v) is 21.3. The number of thioether (sulfide) groups is 2. The molecule has 0 atom stereocenters. The van der Waals surface area contributed by atoms with Crippen LogP contribution in [-0.4, -0.2) is 26.4 Å². The summed E-state index contributed by atoms with van der Waals surface area (Å²) in [6.45, 7) is 2.74. The first-order chi connectivity index (χ1) is 17.6. The lowest BCUT2D eigenvalue weighted by atomic mass is 10.2. The number of halogens is 1. The molecular weight excluding hydrogens is 495 g/mol. The molecule has 1 heterocycles. The molecule has 0 saturated heterocycles. The quantitative estimate of drug-likeness (QED) is 0.170. The smallest absolute Gasteiger partial charge is 0.234 e. The average molecular weight is 521 g/mol. The van der Waals surface area contributed by atoms with Gasteiger partial charge in [-0.2, -0.15) is 10.2 Å². The number of hydrogen-bond acceptors (Lipinski definition) is 7. The van der Waals surface area contributed by atoms with E-state index in [0.29, 0.717) is 28.8 Å². The van der Waals surface area contributed by atoms with Gasteiger partial charge in [0.15, 0.2) is 5.16 Å². The van der Waals surface area contributed by atoms with E-state index in [-0.39, 0.29) is 17.5 Å². The minimum atomic E-state index is -0.234. The van der Waals surface area contributed by atoms with Crippen LogP contribution in [0.15, 0.2) is 94.2 Å². The molecule has 0 radical (unpaired) electrons. The lowest BCUT2D eigenvalue weighted by Crippen LogP contribution is -2.14. The van der Waals surface area contributed by atoms with Gasteiger partial charge in [-0.05, 0) is 61.0 Å². The number of azo groups is 1. The van der Waals surface area contributed by atoms with Gasteiger partial charge in [0.1, 0.15) is 11.6 Å². The Morgan fingerprint density at radius 3 is 2.31 bits per heavy atom. The summed E-state index contributed by atoms with van der Waals surface area (Å²) in [5, 5.41) is 20.6. The van der Waals surface area contributed by atoms with Gasteiger partial charge < -0.3 is 9.88 Å². The van der Waals surface area contributed by atoms with Crippen molar-refractivity contribution in [2.45, 2.75) is 30.1 Å². The van der Waals surface area contributed by atoms with Crippen LogP contribution in [0.1, 0.15) is 18.3 Å². The fourth-order valence-electron chi connectivity index (χ4n) is 3.24. The number of benzene rings is 3. The first kappa shape index (κ1) is 25.6. The Balaban J connectivity index is 1.25. The minimum absolute atomic E-state index is 0.128. The van der Waals surface area contributed by atoms with E-state index in [0.717, 1.165) is 22.8 Å². The summed E-state index contributed by atoms with van der Waals surface area (Å²) in [4.78, 5) is 12.5. The van der Waals surface area contributed by atoms with Crippen molar-refractivity contribution in [1.82, 2.24) is 14.8 Å². The van der Waals surface area contributed by atoms with Crippen LogP contribution >= 0.6 is 23.5 Å². The maximum atomic E-state index is 13.1. The lowest BCUT2D eigenvalue weighted by molar-refractivity contribution is -0.113. The lowest BCUT2D eigenvalue weighted by Gasteiger charge is -2.08. The number of anilines is 1. The molecule has 4 aromatic rings. The Morgan fingerprint density at radius 1 is 0.917 bits per heavy atom. The van der Waals surface area contributed by atoms with Gasteiger partial charge in [0.2, 0.25) is 5.91 Å². The topological polar surface area (TPSA) is 84.5 Å². The molecule has 1 amide bonds. The SMILES string of the molecule is CCn1c(CSCc2ccc(F)cc2)nnc1SCC(=O)Nc1ccc(N=Nc2ccccc2)cc1. The van der Waals surface area contributed by atoms with Crippen molar-refractivity contribution in [3.63, 3.8) is 0 Å². The Morgan fingerprint density at radius 2 is 1.61 bits per heavy atom. The van der Waals surface area contributed by atoms with E-state index in [1.54, 1.807) is 48.2 Å². The number of rotatable bonds is 11. The second-order valence-electron chi connectivity index (χ2n) is 7.68. The highest BCUT2D eigenvalue weighted by molar-refractivity contribution is 7.99. The van der Waals surface area contributed by atoms with Crippen LogP contribution in [0.25, 0.3) is 0 Å². The highest BCUT2D eigenvalue weighted by atomic mass is 32.2. The van der Waals surface area contributed by atoms with Crippen LogP contribution in [-0.2, 0) is 22.8 Å². The van der Waals surface area contributed by atoms with Crippen LogP contribution in [0, 0.1) is 5.82 Å². The molecule has 0 saturated carbocycles. The Kier molecular flexibility index (Phi) is 9.23. The average Bonchev–Trinajstić information content (AvgIpc) is 3.30. The molecule has 0 bridgehead atoms. The molecule has 36 heavy (non-hydrogen) atoms. The molecule has 0 spiro atoms. The third-order valence-corrected chi connectivity index (χ3v) is 7.01. The number of aromatic nitrogens is 3. The summed E-state index contributed by atoms with van der Waals surface area (Å²) in [6, 6.07) is 23.2. The van der Waals surface area contributed by atoms with E-state index < -0.39 is 0 Å². The largest absolute Gasteiger partial charge is 0.325 e. The van der Waals surface area contributed by atoms with Gasteiger partial charge in [-0.1, -0.05) is 42.1 Å². The van der Waals surface area contributed by atoms with E-state index in [1.807, 2.05) is 41.8 Å². The van der Waals surface area contributed by atoms with E-state index in [9.17, 15) is 9.18 Å². The summed E-state index contributed by atoms with van der Waals surface area (Å²) >= 11 is 3.04. The molecule has 0 aliphatic carbocycles. The normalized spacial score (nSPS) is 11.2. The first-order valence-electron chi connectivity index (χ1n) is 11.3. The van der Waals surface area contributed by atoms with Gasteiger partial charge in [0.05, 0.1) is 22.9 Å². The summed E-state index contributed by atoms with van der Waals surface area (Å²) in [5.41, 5.74) is 3.23. The number of nitrogens with one attached hydrogen (secondary N) is 1. The minimum Gasteiger partial charge on any atom is -0.325 e. The van der Waals surface area contributed by atoms with Crippen molar-refractivity contribution >= 4 is 46.5 Å². The van der Waals surface area contributed by atoms with E-state index in [2.05, 4.69) is 25.7 Å². The first-order valence-corrected chi connectivity index (χ1v) is 13.5. The van der Waals surface area contributed by atoms with Gasteiger partial charge in [0.25, 0.3) is 0 Å². The van der Waals surface area contributed by atoms with Crippen molar-refractivity contribution in [3.05, 3.63) is 96.1 Å². The number of carbonyl (C=O) groups excluding carboxylic acids is 1. The van der Waals surface area contributed by atoms with Crippen LogP contribution in [0.2, 0.25) is 0 Å². The summed E-state index contributed by atoms with van der Waals surface area (Å²) in [7, 11) is 0. The van der Waals surface area contributed by atoms with Crippen molar-refractivity contribution in [2.24, 2.45) is 10.2 Å². The molecule has 3 aromatic carbocycles. The Bertz CT molecular complexity index is 1290. The predicted molar refractivity (Wildman–Crippen MR) is 144 cm³/mol. The van der Waals surface area contributed by atoms with Crippen LogP contribution in [0.4, 0.5) is 21.5 Å². The van der Waals surface area contributed by atoms with Gasteiger partial charge in [0, 0.05) is 18.0 Å². The molecule has 0 aliphatic heterocycles. The maximum Gasteiger partial charge on any atom is 0.234 e. The fraction of sp³-hybridized carbons (Fsp3) is 0.192. The van der Waals surface area contributed by atoms with Crippen molar-refractivity contribution < 1.29 is 9.18 Å². The highest BCUT2D eigenvalue weighted by Crippen LogP contribution is 2.23. The maximum absolute atomic E-state index is 13.1. The Hall–Kier alpha value is -3.50. The number of nitrogens with zero attached hydrogens (tertiary/aromatic N) is 5. The molecule has 10 heteroatoms. The third kappa shape index (κ3) is 7.50. The molecule has 0 unspecified atom stereocenters. The summed E-state index contributed by atoms with van der Waals surface area (Å²) < 4.78 is 15.1. The highest BCUT2D eigenvalue weighted by Gasteiger charge is 2.13. The molecule has 1 N–H and O–H groups in total. The van der Waals surface area contributed by atoms with E-state index in [4.69, 9.17) is 0 Å². The van der Waals surface area contributed by atoms with Crippen molar-refractivity contribution in [1.29, 1.82) is 0 Å². The van der Waals surface area contributed by atoms with Gasteiger partial charge >= 0.3 is 0 Å². The fourth-order valence-corrected chi connectivity index (χ4v) is 4.99. The molecule has 4 rings (SSSR count). The Labute approximate surface area is 217 Å². The van der Waals surface area contributed by atoms with Crippen molar-refractivity contribution in [3.8, 4) is 0 Å². The summed E-state index contributed by atoms with van der Waals surface area (Å²) in [5.74, 6) is 2.15. The van der Waals surface area contributed by atoms with E-state index in [1.165, 1.54) is 23.9 Å². The van der Waals surface area contributed by atoms with Crippen molar-refractivity contribution in [2.75, 3.05) is 11.1 Å². The second kappa shape index (κ2) is 13.0. The number of amides is 1. The predicted octanol–water partition coefficient (Wildman–Crippen LogP) is 7.02. The van der Waals surface area contributed by atoms with Gasteiger partial charge in [-0.25, -0.2) is 4.39 Å². The van der Waals surface area contributed by atoms with E-state index >= 15 is 0 Å². The zero-order chi connectivity index (χ0) is 25.2. The molecule has 0 aliphatic rings. The number of carbonyl (C=O) groups is 1. The molecule has 0 fully saturated rings. The van der Waals surface area contributed by atoms with Crippen LogP contribution < -0.4 is 5.32 Å². The van der Waals surface area contributed by atoms with Crippen LogP contribution in [0.3, 0.4) is 0 Å². The standard InChI is InChI=1S/C26H25FN6OS2/c1-2-33-24(17-35-16-19-8-10-20(27)11-9-19)31-32-26(33)36-18-25(34)28-21-12-14-23(15-13-21)30-29-22-6-4-3-5-7-22/h3-15H,2,16-18H2,1H3,(H,28,34). The molecule has 184 valence electrons.